The number of carbonyl (C=O) groups is 2. The van der Waals surface area contributed by atoms with Crippen molar-refractivity contribution in [1.82, 2.24) is 9.88 Å². The molecule has 0 bridgehead atoms. The Kier molecular flexibility index (Phi) is 4.37. The third-order valence-electron chi connectivity index (χ3n) is 2.93. The molecule has 2 aromatic rings. The summed E-state index contributed by atoms with van der Waals surface area (Å²) in [5.41, 5.74) is 0.856. The molecule has 0 saturated heterocycles. The molecule has 2 rings (SSSR count). The molecule has 0 fully saturated rings. The van der Waals surface area contributed by atoms with Crippen LogP contribution in [0.3, 0.4) is 0 Å². The summed E-state index contributed by atoms with van der Waals surface area (Å²) in [6.45, 7) is 3.13. The van der Waals surface area contributed by atoms with Gasteiger partial charge in [0.1, 0.15) is 12.8 Å². The summed E-state index contributed by atoms with van der Waals surface area (Å²) in [5.74, 6) is -1.19. The van der Waals surface area contributed by atoms with Crippen molar-refractivity contribution in [1.29, 1.82) is 0 Å². The lowest BCUT2D eigenvalue weighted by Crippen LogP contribution is -2.40. The number of hydrogen-bond acceptors (Lipinski definition) is 4. The van der Waals surface area contributed by atoms with E-state index in [1.165, 1.54) is 11.2 Å². The molecule has 0 radical (unpaired) electrons. The maximum atomic E-state index is 12.3. The summed E-state index contributed by atoms with van der Waals surface area (Å²) in [4.78, 5) is 28.5. The van der Waals surface area contributed by atoms with Gasteiger partial charge in [-0.15, -0.1) is 0 Å². The predicted octanol–water partition coefficient (Wildman–Crippen LogP) is 2.28. The summed E-state index contributed by atoms with van der Waals surface area (Å²) < 4.78 is 5.30. The van der Waals surface area contributed by atoms with Crippen LogP contribution in [0.25, 0.3) is 11.5 Å². The van der Waals surface area contributed by atoms with Crippen molar-refractivity contribution in [3.8, 4) is 11.5 Å². The van der Waals surface area contributed by atoms with Crippen LogP contribution in [0.4, 0.5) is 0 Å². The van der Waals surface area contributed by atoms with Gasteiger partial charge in [0.2, 0.25) is 5.89 Å². The molecule has 0 aliphatic rings. The highest BCUT2D eigenvalue weighted by Crippen LogP contribution is 2.19. The Hall–Kier alpha value is -2.63. The fraction of sp³-hybridized carbons (Fsp3) is 0.267. The molecular weight excluding hydrogens is 272 g/mol. The fourth-order valence-corrected chi connectivity index (χ4v) is 1.87. The molecule has 1 heterocycles. The third-order valence-corrected chi connectivity index (χ3v) is 2.93. The second kappa shape index (κ2) is 6.21. The van der Waals surface area contributed by atoms with Crippen molar-refractivity contribution in [3.05, 3.63) is 42.3 Å². The molecule has 0 spiro atoms. The van der Waals surface area contributed by atoms with Crippen LogP contribution in [0, 0.1) is 0 Å². The molecule has 1 aromatic carbocycles. The van der Waals surface area contributed by atoms with E-state index >= 15 is 0 Å². The summed E-state index contributed by atoms with van der Waals surface area (Å²) in [6.07, 6.45) is 1.25. The van der Waals surface area contributed by atoms with Crippen LogP contribution in [0.1, 0.15) is 24.3 Å². The van der Waals surface area contributed by atoms with Gasteiger partial charge in [0.25, 0.3) is 5.91 Å². The smallest absolute Gasteiger partial charge is 0.323 e. The lowest BCUT2D eigenvalue weighted by atomic mass is 10.2. The van der Waals surface area contributed by atoms with Gasteiger partial charge < -0.3 is 14.4 Å². The zero-order valence-electron chi connectivity index (χ0n) is 11.8. The van der Waals surface area contributed by atoms with Gasteiger partial charge >= 0.3 is 5.97 Å². The van der Waals surface area contributed by atoms with E-state index in [0.717, 1.165) is 5.56 Å². The second-order valence-corrected chi connectivity index (χ2v) is 4.82. The van der Waals surface area contributed by atoms with Crippen LogP contribution < -0.4 is 0 Å². The molecule has 0 unspecified atom stereocenters. The molecule has 21 heavy (non-hydrogen) atoms. The number of rotatable bonds is 5. The predicted molar refractivity (Wildman–Crippen MR) is 75.7 cm³/mol. The maximum Gasteiger partial charge on any atom is 0.323 e. The van der Waals surface area contributed by atoms with E-state index in [9.17, 15) is 9.59 Å². The first kappa shape index (κ1) is 14.8. The number of benzene rings is 1. The fourth-order valence-electron chi connectivity index (χ4n) is 1.87. The maximum absolute atomic E-state index is 12.3. The van der Waals surface area contributed by atoms with Gasteiger partial charge in [0, 0.05) is 11.6 Å². The zero-order chi connectivity index (χ0) is 15.4. The van der Waals surface area contributed by atoms with Crippen LogP contribution in [0.2, 0.25) is 0 Å². The summed E-state index contributed by atoms with van der Waals surface area (Å²) in [5, 5.41) is 8.87. The Bertz CT molecular complexity index is 634. The van der Waals surface area contributed by atoms with Crippen LogP contribution >= 0.6 is 0 Å². The van der Waals surface area contributed by atoms with Gasteiger partial charge in [-0.1, -0.05) is 18.2 Å². The minimum absolute atomic E-state index is 0.101. The van der Waals surface area contributed by atoms with Crippen molar-refractivity contribution in [2.24, 2.45) is 0 Å². The molecule has 1 amide bonds. The molecule has 0 atom stereocenters. The number of aromatic nitrogens is 1. The normalized spacial score (nSPS) is 10.6. The van der Waals surface area contributed by atoms with Gasteiger partial charge in [-0.2, -0.15) is 0 Å². The molecule has 0 aliphatic carbocycles. The Morgan fingerprint density at radius 1 is 1.29 bits per heavy atom. The number of amides is 1. The SMILES string of the molecule is CC(C)N(CC(=O)O)C(=O)c1coc(-c2ccccc2)n1. The molecule has 1 N–H and O–H groups in total. The number of nitrogens with zero attached hydrogens (tertiary/aromatic N) is 2. The van der Waals surface area contributed by atoms with Crippen LogP contribution in [0.15, 0.2) is 41.0 Å². The highest BCUT2D eigenvalue weighted by molar-refractivity contribution is 5.94. The van der Waals surface area contributed by atoms with Crippen molar-refractivity contribution in [2.45, 2.75) is 19.9 Å². The average Bonchev–Trinajstić information content (AvgIpc) is 2.94. The van der Waals surface area contributed by atoms with E-state index in [2.05, 4.69) is 4.98 Å². The average molecular weight is 288 g/mol. The minimum Gasteiger partial charge on any atom is -0.480 e. The van der Waals surface area contributed by atoms with E-state index in [1.807, 2.05) is 30.3 Å². The lowest BCUT2D eigenvalue weighted by Gasteiger charge is -2.23. The Morgan fingerprint density at radius 3 is 2.52 bits per heavy atom. The Balaban J connectivity index is 2.23. The number of carboxylic acid groups (broad SMARTS) is 1. The highest BCUT2D eigenvalue weighted by Gasteiger charge is 2.24. The number of carbonyl (C=O) groups excluding carboxylic acids is 1. The molecule has 0 aliphatic heterocycles. The summed E-state index contributed by atoms with van der Waals surface area (Å²) in [6, 6.07) is 8.93. The van der Waals surface area contributed by atoms with Gasteiger partial charge in [-0.25, -0.2) is 4.98 Å². The zero-order valence-corrected chi connectivity index (χ0v) is 11.8. The molecule has 0 saturated carbocycles. The number of oxazole rings is 1. The summed E-state index contributed by atoms with van der Waals surface area (Å²) >= 11 is 0. The highest BCUT2D eigenvalue weighted by atomic mass is 16.4. The lowest BCUT2D eigenvalue weighted by molar-refractivity contribution is -0.138. The Morgan fingerprint density at radius 2 is 1.95 bits per heavy atom. The van der Waals surface area contributed by atoms with Crippen molar-refractivity contribution in [3.63, 3.8) is 0 Å². The van der Waals surface area contributed by atoms with Gasteiger partial charge in [0.05, 0.1) is 0 Å². The van der Waals surface area contributed by atoms with Gasteiger partial charge in [-0.05, 0) is 26.0 Å². The van der Waals surface area contributed by atoms with E-state index in [4.69, 9.17) is 9.52 Å². The topological polar surface area (TPSA) is 83.6 Å². The number of aliphatic carboxylic acids is 1. The second-order valence-electron chi connectivity index (χ2n) is 4.82. The van der Waals surface area contributed by atoms with Crippen molar-refractivity contribution >= 4 is 11.9 Å². The minimum atomic E-state index is -1.07. The third kappa shape index (κ3) is 3.47. The largest absolute Gasteiger partial charge is 0.480 e. The van der Waals surface area contributed by atoms with Gasteiger partial charge in [0.15, 0.2) is 5.69 Å². The van der Waals surface area contributed by atoms with Crippen LogP contribution in [-0.2, 0) is 4.79 Å². The first-order valence-electron chi connectivity index (χ1n) is 6.52. The van der Waals surface area contributed by atoms with Gasteiger partial charge in [-0.3, -0.25) is 9.59 Å². The quantitative estimate of drug-likeness (QED) is 0.912. The molecule has 1 aromatic heterocycles. The van der Waals surface area contributed by atoms with E-state index in [-0.39, 0.29) is 18.3 Å². The van der Waals surface area contributed by atoms with E-state index < -0.39 is 11.9 Å². The molecule has 6 heteroatoms. The standard InChI is InChI=1S/C15H16N2O4/c1-10(2)17(8-13(18)19)15(20)12-9-21-14(16-12)11-6-4-3-5-7-11/h3-7,9-10H,8H2,1-2H3,(H,18,19). The first-order chi connectivity index (χ1) is 9.99. The first-order valence-corrected chi connectivity index (χ1v) is 6.52. The number of carboxylic acids is 1. The molecular formula is C15H16N2O4. The number of hydrogen-bond donors (Lipinski definition) is 1. The van der Waals surface area contributed by atoms with Crippen LogP contribution in [0.5, 0.6) is 0 Å². The molecule has 110 valence electrons. The van der Waals surface area contributed by atoms with Crippen molar-refractivity contribution in [2.75, 3.05) is 6.54 Å². The molecule has 6 nitrogen and oxygen atoms in total. The van der Waals surface area contributed by atoms with E-state index in [1.54, 1.807) is 13.8 Å². The van der Waals surface area contributed by atoms with Crippen molar-refractivity contribution < 1.29 is 19.1 Å². The summed E-state index contributed by atoms with van der Waals surface area (Å²) in [7, 11) is 0. The van der Waals surface area contributed by atoms with E-state index in [0.29, 0.717) is 5.89 Å². The Labute approximate surface area is 122 Å². The monoisotopic (exact) mass is 288 g/mol. The van der Waals surface area contributed by atoms with Crippen LogP contribution in [-0.4, -0.2) is 39.5 Å².